The fraction of sp³-hybridized carbons (Fsp3) is 0.533. The first kappa shape index (κ1) is 17.7. The van der Waals surface area contributed by atoms with Crippen molar-refractivity contribution in [3.8, 4) is 11.5 Å². The van der Waals surface area contributed by atoms with Crippen LogP contribution in [-0.2, 0) is 16.0 Å². The van der Waals surface area contributed by atoms with E-state index in [1.807, 2.05) is 0 Å². The number of nitrogens with zero attached hydrogens (tertiary/aromatic N) is 1. The van der Waals surface area contributed by atoms with E-state index in [2.05, 4.69) is 4.74 Å². The largest absolute Gasteiger partial charge is 0.487 e. The highest BCUT2D eigenvalue weighted by atomic mass is 16.6. The van der Waals surface area contributed by atoms with Crippen molar-refractivity contribution in [2.45, 2.75) is 46.3 Å². The van der Waals surface area contributed by atoms with E-state index in [9.17, 15) is 14.9 Å². The van der Waals surface area contributed by atoms with Crippen molar-refractivity contribution in [3.05, 3.63) is 27.8 Å². The Labute approximate surface area is 129 Å². The van der Waals surface area contributed by atoms with Gasteiger partial charge in [-0.2, -0.15) is 0 Å². The van der Waals surface area contributed by atoms with Crippen LogP contribution in [0.4, 0.5) is 5.69 Å². The SMILES string of the molecule is COC(=O)Cc1cc(OC(C)C)c(OC(C)C)c([N+](=O)[O-])c1. The van der Waals surface area contributed by atoms with E-state index in [1.165, 1.54) is 13.2 Å². The van der Waals surface area contributed by atoms with Crippen LogP contribution in [0.3, 0.4) is 0 Å². The maximum atomic E-state index is 11.4. The Morgan fingerprint density at radius 2 is 1.77 bits per heavy atom. The van der Waals surface area contributed by atoms with Crippen LogP contribution in [0.15, 0.2) is 12.1 Å². The van der Waals surface area contributed by atoms with Crippen molar-refractivity contribution in [2.24, 2.45) is 0 Å². The van der Waals surface area contributed by atoms with Crippen LogP contribution in [0.5, 0.6) is 11.5 Å². The fourth-order valence-electron chi connectivity index (χ4n) is 1.82. The molecule has 0 aromatic heterocycles. The van der Waals surface area contributed by atoms with E-state index in [0.717, 1.165) is 0 Å². The summed E-state index contributed by atoms with van der Waals surface area (Å²) < 4.78 is 15.7. The summed E-state index contributed by atoms with van der Waals surface area (Å²) in [5.41, 5.74) is 0.205. The minimum Gasteiger partial charge on any atom is -0.487 e. The molecular weight excluding hydrogens is 290 g/mol. The molecule has 1 rings (SSSR count). The molecule has 0 radical (unpaired) electrons. The molecule has 0 aliphatic rings. The molecule has 7 heteroatoms. The predicted molar refractivity (Wildman–Crippen MR) is 80.3 cm³/mol. The lowest BCUT2D eigenvalue weighted by Gasteiger charge is -2.18. The number of methoxy groups -OCH3 is 1. The number of carbonyl (C=O) groups excluding carboxylic acids is 1. The molecule has 0 heterocycles. The minimum atomic E-state index is -0.550. The van der Waals surface area contributed by atoms with Crippen LogP contribution < -0.4 is 9.47 Å². The number of hydrogen-bond acceptors (Lipinski definition) is 6. The Bertz CT molecular complexity index is 553. The van der Waals surface area contributed by atoms with Crippen LogP contribution in [-0.4, -0.2) is 30.2 Å². The topological polar surface area (TPSA) is 87.9 Å². The Morgan fingerprint density at radius 3 is 2.23 bits per heavy atom. The number of hydrogen-bond donors (Lipinski definition) is 0. The average Bonchev–Trinajstić information content (AvgIpc) is 2.39. The molecule has 0 atom stereocenters. The maximum Gasteiger partial charge on any atom is 0.315 e. The van der Waals surface area contributed by atoms with Crippen LogP contribution in [0.1, 0.15) is 33.3 Å². The van der Waals surface area contributed by atoms with Crippen LogP contribution >= 0.6 is 0 Å². The molecule has 0 unspecified atom stereocenters. The van der Waals surface area contributed by atoms with Crippen molar-refractivity contribution < 1.29 is 23.9 Å². The number of carbonyl (C=O) groups is 1. The van der Waals surface area contributed by atoms with Crippen molar-refractivity contribution in [2.75, 3.05) is 7.11 Å². The summed E-state index contributed by atoms with van der Waals surface area (Å²) in [5, 5.41) is 11.3. The molecule has 0 bridgehead atoms. The number of benzene rings is 1. The highest BCUT2D eigenvalue weighted by Crippen LogP contribution is 2.39. The summed E-state index contributed by atoms with van der Waals surface area (Å²) in [7, 11) is 1.26. The predicted octanol–water partition coefficient (Wildman–Crippen LogP) is 2.88. The van der Waals surface area contributed by atoms with Gasteiger partial charge in [0.15, 0.2) is 5.75 Å². The molecule has 22 heavy (non-hydrogen) atoms. The Hall–Kier alpha value is -2.31. The first-order valence-corrected chi connectivity index (χ1v) is 6.96. The summed E-state index contributed by atoms with van der Waals surface area (Å²) >= 11 is 0. The van der Waals surface area contributed by atoms with Gasteiger partial charge in [0.25, 0.3) is 0 Å². The Kier molecular flexibility index (Phi) is 6.15. The Balaban J connectivity index is 3.38. The van der Waals surface area contributed by atoms with Crippen molar-refractivity contribution in [1.29, 1.82) is 0 Å². The van der Waals surface area contributed by atoms with Gasteiger partial charge in [-0.3, -0.25) is 14.9 Å². The molecule has 0 spiro atoms. The molecule has 0 aliphatic carbocycles. The summed E-state index contributed by atoms with van der Waals surface area (Å²) in [5.74, 6) is -0.165. The van der Waals surface area contributed by atoms with Gasteiger partial charge in [0.05, 0.1) is 30.7 Å². The molecule has 0 N–H and O–H groups in total. The van der Waals surface area contributed by atoms with Crippen molar-refractivity contribution in [3.63, 3.8) is 0 Å². The molecule has 0 saturated carbocycles. The summed E-state index contributed by atoms with van der Waals surface area (Å²) in [6.45, 7) is 7.15. The highest BCUT2D eigenvalue weighted by molar-refractivity contribution is 5.73. The maximum absolute atomic E-state index is 11.4. The number of ether oxygens (including phenoxy) is 3. The van der Waals surface area contributed by atoms with Crippen molar-refractivity contribution >= 4 is 11.7 Å². The van der Waals surface area contributed by atoms with E-state index < -0.39 is 10.9 Å². The lowest BCUT2D eigenvalue weighted by Crippen LogP contribution is -2.13. The van der Waals surface area contributed by atoms with Gasteiger partial charge < -0.3 is 14.2 Å². The van der Waals surface area contributed by atoms with Gasteiger partial charge in [-0.1, -0.05) is 0 Å². The molecule has 122 valence electrons. The second-order valence-corrected chi connectivity index (χ2v) is 5.29. The molecule has 0 amide bonds. The van der Waals surface area contributed by atoms with Gasteiger partial charge in [-0.25, -0.2) is 0 Å². The van der Waals surface area contributed by atoms with Crippen molar-refractivity contribution in [1.82, 2.24) is 0 Å². The third kappa shape index (κ3) is 4.91. The fourth-order valence-corrected chi connectivity index (χ4v) is 1.82. The zero-order valence-corrected chi connectivity index (χ0v) is 13.4. The highest BCUT2D eigenvalue weighted by Gasteiger charge is 2.25. The van der Waals surface area contributed by atoms with Crippen LogP contribution in [0.2, 0.25) is 0 Å². The van der Waals surface area contributed by atoms with Gasteiger partial charge in [-0.15, -0.1) is 0 Å². The van der Waals surface area contributed by atoms with Gasteiger partial charge in [0.2, 0.25) is 5.75 Å². The molecule has 1 aromatic rings. The number of rotatable bonds is 7. The van der Waals surface area contributed by atoms with E-state index in [4.69, 9.17) is 9.47 Å². The van der Waals surface area contributed by atoms with E-state index in [0.29, 0.717) is 5.56 Å². The standard InChI is InChI=1S/C15H21NO6/c1-9(2)21-13-7-11(8-14(17)20-5)6-12(16(18)19)15(13)22-10(3)4/h6-7,9-10H,8H2,1-5H3. The molecule has 0 fully saturated rings. The quantitative estimate of drug-likeness (QED) is 0.437. The second kappa shape index (κ2) is 7.63. The Morgan fingerprint density at radius 1 is 1.18 bits per heavy atom. The van der Waals surface area contributed by atoms with Gasteiger partial charge in [0, 0.05) is 6.07 Å². The lowest BCUT2D eigenvalue weighted by molar-refractivity contribution is -0.386. The normalized spacial score (nSPS) is 10.7. The van der Waals surface area contributed by atoms with E-state index >= 15 is 0 Å². The smallest absolute Gasteiger partial charge is 0.315 e. The van der Waals surface area contributed by atoms with Crippen LogP contribution in [0.25, 0.3) is 0 Å². The summed E-state index contributed by atoms with van der Waals surface area (Å²) in [4.78, 5) is 22.1. The zero-order valence-electron chi connectivity index (χ0n) is 13.4. The summed E-state index contributed by atoms with van der Waals surface area (Å²) in [6, 6.07) is 2.88. The first-order chi connectivity index (χ1) is 10.2. The zero-order chi connectivity index (χ0) is 16.9. The average molecular weight is 311 g/mol. The third-order valence-corrected chi connectivity index (χ3v) is 2.58. The number of nitro groups is 1. The third-order valence-electron chi connectivity index (χ3n) is 2.58. The molecule has 7 nitrogen and oxygen atoms in total. The molecule has 1 aromatic carbocycles. The monoisotopic (exact) mass is 311 g/mol. The van der Waals surface area contributed by atoms with E-state index in [-0.39, 0.29) is 35.8 Å². The second-order valence-electron chi connectivity index (χ2n) is 5.29. The summed E-state index contributed by atoms with van der Waals surface area (Å²) in [6.07, 6.45) is -0.518. The van der Waals surface area contributed by atoms with Gasteiger partial charge >= 0.3 is 11.7 Å². The van der Waals surface area contributed by atoms with Gasteiger partial charge in [0.1, 0.15) is 0 Å². The lowest BCUT2D eigenvalue weighted by atomic mass is 10.1. The van der Waals surface area contributed by atoms with E-state index in [1.54, 1.807) is 33.8 Å². The first-order valence-electron chi connectivity index (χ1n) is 6.96. The molecular formula is C15H21NO6. The molecule has 0 aliphatic heterocycles. The van der Waals surface area contributed by atoms with Gasteiger partial charge in [-0.05, 0) is 39.3 Å². The minimum absolute atomic E-state index is 0.0716. The number of nitro benzene ring substituents is 1. The number of esters is 1. The molecule has 0 saturated heterocycles. The van der Waals surface area contributed by atoms with Crippen LogP contribution in [0, 0.1) is 10.1 Å².